The Labute approximate surface area is 186 Å². The fourth-order valence-corrected chi connectivity index (χ4v) is 5.63. The minimum absolute atomic E-state index is 0.0983. The van der Waals surface area contributed by atoms with Gasteiger partial charge in [0.2, 0.25) is 0 Å². The molecule has 4 nitrogen and oxygen atoms in total. The van der Waals surface area contributed by atoms with Crippen molar-refractivity contribution in [2.75, 3.05) is 26.3 Å². The summed E-state index contributed by atoms with van der Waals surface area (Å²) in [7, 11) is 0. The van der Waals surface area contributed by atoms with Gasteiger partial charge in [-0.05, 0) is 76.3 Å². The first kappa shape index (κ1) is 22.3. The smallest absolute Gasteiger partial charge is 0.141 e. The van der Waals surface area contributed by atoms with E-state index in [1.165, 1.54) is 49.9 Å². The number of likely N-dealkylation sites (tertiary alicyclic amines) is 1. The third kappa shape index (κ3) is 4.98. The van der Waals surface area contributed by atoms with Crippen LogP contribution in [0.1, 0.15) is 68.8 Å². The summed E-state index contributed by atoms with van der Waals surface area (Å²) in [5.41, 5.74) is 3.64. The highest BCUT2D eigenvalue weighted by Gasteiger charge is 2.48. The van der Waals surface area contributed by atoms with E-state index in [0.29, 0.717) is 0 Å². The minimum Gasteiger partial charge on any atom is -0.381 e. The number of pyridine rings is 2. The zero-order valence-corrected chi connectivity index (χ0v) is 19.1. The van der Waals surface area contributed by atoms with E-state index in [0.717, 1.165) is 57.0 Å². The summed E-state index contributed by atoms with van der Waals surface area (Å²) in [6, 6.07) is 7.80. The molecule has 0 radical (unpaired) electrons. The summed E-state index contributed by atoms with van der Waals surface area (Å²) in [4.78, 5) is 11.7. The molecular weight excluding hydrogens is 389 g/mol. The Morgan fingerprint density at radius 3 is 2.55 bits per heavy atom. The Hall–Kier alpha value is -1.85. The molecule has 1 atom stereocenters. The van der Waals surface area contributed by atoms with Crippen LogP contribution in [0.4, 0.5) is 4.39 Å². The number of aryl methyl sites for hydroxylation is 2. The molecule has 1 saturated heterocycles. The molecule has 0 bridgehead atoms. The molecule has 1 saturated carbocycles. The topological polar surface area (TPSA) is 38.2 Å². The lowest BCUT2D eigenvalue weighted by Crippen LogP contribution is -2.48. The van der Waals surface area contributed by atoms with Crippen LogP contribution in [0.3, 0.4) is 0 Å². The van der Waals surface area contributed by atoms with Gasteiger partial charge in [0.25, 0.3) is 0 Å². The molecule has 168 valence electrons. The summed E-state index contributed by atoms with van der Waals surface area (Å²) in [6.07, 6.45) is 12.8. The van der Waals surface area contributed by atoms with E-state index in [4.69, 9.17) is 4.74 Å². The molecule has 1 aliphatic heterocycles. The molecule has 2 aromatic rings. The number of rotatable bonds is 8. The zero-order chi connectivity index (χ0) is 21.7. The van der Waals surface area contributed by atoms with Crippen molar-refractivity contribution in [1.82, 2.24) is 14.9 Å². The van der Waals surface area contributed by atoms with Gasteiger partial charge >= 0.3 is 0 Å². The molecule has 0 N–H and O–H groups in total. The average Bonchev–Trinajstić information content (AvgIpc) is 3.23. The van der Waals surface area contributed by atoms with Crippen LogP contribution < -0.4 is 0 Å². The Kier molecular flexibility index (Phi) is 7.02. The Morgan fingerprint density at radius 1 is 1.03 bits per heavy atom. The van der Waals surface area contributed by atoms with E-state index in [-0.39, 0.29) is 16.8 Å². The van der Waals surface area contributed by atoms with Crippen LogP contribution in [0, 0.1) is 18.2 Å². The highest BCUT2D eigenvalue weighted by atomic mass is 19.1. The van der Waals surface area contributed by atoms with Gasteiger partial charge in [0, 0.05) is 41.7 Å². The van der Waals surface area contributed by atoms with E-state index >= 15 is 0 Å². The van der Waals surface area contributed by atoms with Gasteiger partial charge in [-0.3, -0.25) is 14.9 Å². The van der Waals surface area contributed by atoms with E-state index in [1.54, 1.807) is 0 Å². The summed E-state index contributed by atoms with van der Waals surface area (Å²) >= 11 is 0. The van der Waals surface area contributed by atoms with Gasteiger partial charge in [0.05, 0.1) is 12.8 Å². The Bertz CT molecular complexity index is 833. The molecule has 2 aromatic heterocycles. The first-order chi connectivity index (χ1) is 15.1. The normalized spacial score (nSPS) is 23.8. The second kappa shape index (κ2) is 9.74. The second-order valence-corrected chi connectivity index (χ2v) is 9.56. The monoisotopic (exact) mass is 425 g/mol. The molecule has 3 heterocycles. The Balaban J connectivity index is 1.55. The quantitative estimate of drug-likeness (QED) is 0.564. The number of hydrogen-bond acceptors (Lipinski definition) is 4. The molecule has 4 rings (SSSR count). The van der Waals surface area contributed by atoms with Crippen LogP contribution in [-0.2, 0) is 16.7 Å². The van der Waals surface area contributed by atoms with Crippen molar-refractivity contribution in [2.24, 2.45) is 5.41 Å². The number of nitrogens with zero attached hydrogens (tertiary/aromatic N) is 3. The molecule has 1 aliphatic carbocycles. The van der Waals surface area contributed by atoms with Crippen molar-refractivity contribution in [3.8, 4) is 0 Å². The first-order valence-corrected chi connectivity index (χ1v) is 11.9. The lowest BCUT2D eigenvalue weighted by molar-refractivity contribution is 0.0204. The van der Waals surface area contributed by atoms with Crippen LogP contribution in [0.2, 0.25) is 0 Å². The highest BCUT2D eigenvalue weighted by Crippen LogP contribution is 2.48. The fraction of sp³-hybridized carbons (Fsp3) is 0.615. The third-order valence-electron chi connectivity index (χ3n) is 7.49. The van der Waals surface area contributed by atoms with Crippen LogP contribution >= 0.6 is 0 Å². The largest absolute Gasteiger partial charge is 0.381 e. The minimum atomic E-state index is -0.272. The first-order valence-electron chi connectivity index (χ1n) is 11.9. The number of aromatic nitrogens is 2. The van der Waals surface area contributed by atoms with Gasteiger partial charge in [-0.1, -0.05) is 25.3 Å². The van der Waals surface area contributed by atoms with Crippen molar-refractivity contribution in [2.45, 2.75) is 70.8 Å². The van der Waals surface area contributed by atoms with Gasteiger partial charge in [-0.2, -0.15) is 0 Å². The van der Waals surface area contributed by atoms with Crippen molar-refractivity contribution < 1.29 is 9.13 Å². The zero-order valence-electron chi connectivity index (χ0n) is 19.1. The van der Waals surface area contributed by atoms with E-state index in [2.05, 4.69) is 47.0 Å². The van der Waals surface area contributed by atoms with E-state index in [9.17, 15) is 4.39 Å². The van der Waals surface area contributed by atoms with E-state index < -0.39 is 0 Å². The fourth-order valence-electron chi connectivity index (χ4n) is 5.63. The molecular formula is C26H36FN3O. The number of ether oxygens (including phenoxy) is 1. The van der Waals surface area contributed by atoms with Crippen molar-refractivity contribution in [3.05, 3.63) is 59.4 Å². The predicted molar refractivity (Wildman–Crippen MR) is 121 cm³/mol. The summed E-state index contributed by atoms with van der Waals surface area (Å²) in [5.74, 6) is -0.272. The third-order valence-corrected chi connectivity index (χ3v) is 7.49. The molecule has 2 fully saturated rings. The maximum Gasteiger partial charge on any atom is 0.141 e. The summed E-state index contributed by atoms with van der Waals surface area (Å²) in [6.45, 7) is 7.79. The molecule has 0 amide bonds. The average molecular weight is 426 g/mol. The van der Waals surface area contributed by atoms with Gasteiger partial charge in [0.1, 0.15) is 5.82 Å². The molecule has 0 spiro atoms. The SMILES string of the molecule is CCOC[C@@]1(CCc2ccc(F)cn2)CCN(C2(c3ccc(C)nc3)CCCCC2)C1. The summed E-state index contributed by atoms with van der Waals surface area (Å²) < 4.78 is 19.3. The lowest BCUT2D eigenvalue weighted by Gasteiger charge is -2.46. The van der Waals surface area contributed by atoms with Gasteiger partial charge in [0.15, 0.2) is 0 Å². The van der Waals surface area contributed by atoms with Crippen molar-refractivity contribution >= 4 is 0 Å². The summed E-state index contributed by atoms with van der Waals surface area (Å²) in [5, 5.41) is 0. The highest BCUT2D eigenvalue weighted by molar-refractivity contribution is 5.25. The van der Waals surface area contributed by atoms with E-state index in [1.807, 2.05) is 6.07 Å². The second-order valence-electron chi connectivity index (χ2n) is 9.56. The van der Waals surface area contributed by atoms with Crippen LogP contribution in [0.15, 0.2) is 36.7 Å². The van der Waals surface area contributed by atoms with Gasteiger partial charge in [-0.25, -0.2) is 4.39 Å². The van der Waals surface area contributed by atoms with Gasteiger partial charge < -0.3 is 4.74 Å². The molecule has 5 heteroatoms. The lowest BCUT2D eigenvalue weighted by atomic mass is 9.75. The Morgan fingerprint density at radius 2 is 1.87 bits per heavy atom. The number of hydrogen-bond donors (Lipinski definition) is 0. The molecule has 0 unspecified atom stereocenters. The van der Waals surface area contributed by atoms with Gasteiger partial charge in [-0.15, -0.1) is 0 Å². The maximum absolute atomic E-state index is 13.3. The molecule has 0 aromatic carbocycles. The van der Waals surface area contributed by atoms with Crippen LogP contribution in [0.5, 0.6) is 0 Å². The number of halogens is 1. The standard InChI is InChI=1S/C26H36FN3O/c1-3-31-20-25(14-11-24-10-9-23(27)18-29-24)15-16-30(19-25)26(12-5-4-6-13-26)22-8-7-21(2)28-17-22/h7-10,17-18H,3-6,11-16,19-20H2,1-2H3/t25-/m0/s1. The predicted octanol–water partition coefficient (Wildman–Crippen LogP) is 5.44. The molecule has 2 aliphatic rings. The van der Waals surface area contributed by atoms with Crippen LogP contribution in [-0.4, -0.2) is 41.2 Å². The molecule has 31 heavy (non-hydrogen) atoms. The maximum atomic E-state index is 13.3. The van der Waals surface area contributed by atoms with Crippen molar-refractivity contribution in [1.29, 1.82) is 0 Å². The van der Waals surface area contributed by atoms with Crippen molar-refractivity contribution in [3.63, 3.8) is 0 Å². The van der Waals surface area contributed by atoms with Crippen LogP contribution in [0.25, 0.3) is 0 Å².